The van der Waals surface area contributed by atoms with Gasteiger partial charge < -0.3 is 10.1 Å². The van der Waals surface area contributed by atoms with Crippen molar-refractivity contribution in [3.8, 4) is 0 Å². The minimum absolute atomic E-state index is 0.155. The molecule has 0 aliphatic heterocycles. The minimum Gasteiger partial charge on any atom is -0.456 e. The summed E-state index contributed by atoms with van der Waals surface area (Å²) >= 11 is 0. The van der Waals surface area contributed by atoms with Crippen LogP contribution < -0.4 is 5.32 Å². The maximum Gasteiger partial charge on any atom is 0.338 e. The molecule has 1 N–H and O–H groups in total. The molecule has 4 aliphatic carbocycles. The summed E-state index contributed by atoms with van der Waals surface area (Å²) in [7, 11) is 0. The number of benzene rings is 1. The fraction of sp³-hybridized carbons (Fsp3) is 0.538. The number of anilines is 1. The van der Waals surface area contributed by atoms with E-state index in [-0.39, 0.29) is 11.5 Å². The Hall–Kier alpha value is -2.76. The van der Waals surface area contributed by atoms with Gasteiger partial charge in [-0.2, -0.15) is 0 Å². The molecule has 4 saturated carbocycles. The second-order valence-electron chi connectivity index (χ2n) is 11.0. The third-order valence-corrected chi connectivity index (χ3v) is 7.00. The average molecular weight is 433 g/mol. The maximum absolute atomic E-state index is 12.7. The fourth-order valence-electron chi connectivity index (χ4n) is 6.28. The van der Waals surface area contributed by atoms with E-state index >= 15 is 0 Å². The molecule has 0 amide bonds. The molecule has 2 aromatic rings. The van der Waals surface area contributed by atoms with Gasteiger partial charge >= 0.3 is 5.97 Å². The van der Waals surface area contributed by atoms with Gasteiger partial charge in [-0.1, -0.05) is 0 Å². The molecule has 0 atom stereocenters. The first-order valence-corrected chi connectivity index (χ1v) is 11.7. The molecule has 0 saturated heterocycles. The SMILES string of the molecule is CC(C)(C)OC(=O)c1ccc(NC23CC4CC(CC(C4)C2)C3)c(/N=C/c2cncnc2)c1. The normalized spacial score (nSPS) is 28.8. The molecular weight excluding hydrogens is 400 g/mol. The molecular formula is C26H32N4O2. The first kappa shape index (κ1) is 21.1. The third kappa shape index (κ3) is 4.54. The van der Waals surface area contributed by atoms with Gasteiger partial charge in [0.2, 0.25) is 0 Å². The molecule has 168 valence electrons. The van der Waals surface area contributed by atoms with Crippen LogP contribution in [0.3, 0.4) is 0 Å². The lowest BCUT2D eigenvalue weighted by atomic mass is 9.53. The van der Waals surface area contributed by atoms with Crippen molar-refractivity contribution >= 4 is 23.6 Å². The Labute approximate surface area is 189 Å². The zero-order valence-electron chi connectivity index (χ0n) is 19.2. The van der Waals surface area contributed by atoms with Crippen LogP contribution in [0.15, 0.2) is 41.9 Å². The van der Waals surface area contributed by atoms with Gasteiger partial charge in [0, 0.05) is 29.7 Å². The predicted molar refractivity (Wildman–Crippen MR) is 125 cm³/mol. The van der Waals surface area contributed by atoms with Gasteiger partial charge in [0.25, 0.3) is 0 Å². The minimum atomic E-state index is -0.544. The average Bonchev–Trinajstić information content (AvgIpc) is 2.71. The fourth-order valence-corrected chi connectivity index (χ4v) is 6.28. The Kier molecular flexibility index (Phi) is 5.26. The summed E-state index contributed by atoms with van der Waals surface area (Å²) in [6.07, 6.45) is 14.6. The van der Waals surface area contributed by atoms with Crippen LogP contribution in [0.1, 0.15) is 75.2 Å². The second-order valence-corrected chi connectivity index (χ2v) is 11.0. The van der Waals surface area contributed by atoms with Crippen LogP contribution >= 0.6 is 0 Å². The molecule has 6 rings (SSSR count). The monoisotopic (exact) mass is 432 g/mol. The number of ether oxygens (including phenoxy) is 1. The van der Waals surface area contributed by atoms with Crippen molar-refractivity contribution in [2.45, 2.75) is 70.4 Å². The highest BCUT2D eigenvalue weighted by molar-refractivity contribution is 5.93. The van der Waals surface area contributed by atoms with Crippen LogP contribution in [0.4, 0.5) is 11.4 Å². The zero-order valence-corrected chi connectivity index (χ0v) is 19.2. The zero-order chi connectivity index (χ0) is 22.3. The van der Waals surface area contributed by atoms with Crippen LogP contribution in [-0.2, 0) is 4.74 Å². The first-order valence-electron chi connectivity index (χ1n) is 11.7. The van der Waals surface area contributed by atoms with Crippen molar-refractivity contribution in [2.75, 3.05) is 5.32 Å². The van der Waals surface area contributed by atoms with E-state index in [0.717, 1.165) is 34.7 Å². The first-order chi connectivity index (χ1) is 15.3. The van der Waals surface area contributed by atoms with Gasteiger partial charge in [0.1, 0.15) is 11.9 Å². The standard InChI is InChI=1S/C26H32N4O2/c1-25(2,3)32-24(31)21-4-5-22(23(9-21)29-15-20-13-27-16-28-14-20)30-26-10-17-6-18(11-26)8-19(7-17)12-26/h4-5,9,13-19,30H,6-8,10-12H2,1-3H3/b29-15+. The topological polar surface area (TPSA) is 76.5 Å². The molecule has 6 nitrogen and oxygen atoms in total. The summed E-state index contributed by atoms with van der Waals surface area (Å²) in [4.78, 5) is 25.6. The lowest BCUT2D eigenvalue weighted by Crippen LogP contribution is -2.54. The molecule has 1 heterocycles. The van der Waals surface area contributed by atoms with Crippen molar-refractivity contribution < 1.29 is 9.53 Å². The number of carbonyl (C=O) groups is 1. The Balaban J connectivity index is 1.46. The van der Waals surface area contributed by atoms with Crippen molar-refractivity contribution in [1.29, 1.82) is 0 Å². The van der Waals surface area contributed by atoms with Crippen LogP contribution in [0.25, 0.3) is 0 Å². The highest BCUT2D eigenvalue weighted by atomic mass is 16.6. The van der Waals surface area contributed by atoms with E-state index in [1.165, 1.54) is 44.9 Å². The number of aromatic nitrogens is 2. The largest absolute Gasteiger partial charge is 0.456 e. The number of hydrogen-bond acceptors (Lipinski definition) is 6. The smallest absolute Gasteiger partial charge is 0.338 e. The van der Waals surface area contributed by atoms with Gasteiger partial charge in [0.15, 0.2) is 0 Å². The van der Waals surface area contributed by atoms with Crippen molar-refractivity contribution in [1.82, 2.24) is 9.97 Å². The molecule has 32 heavy (non-hydrogen) atoms. The van der Waals surface area contributed by atoms with Gasteiger partial charge in [0.05, 0.1) is 16.9 Å². The molecule has 6 heteroatoms. The van der Waals surface area contributed by atoms with Gasteiger partial charge in [-0.3, -0.25) is 4.99 Å². The summed E-state index contributed by atoms with van der Waals surface area (Å²) < 4.78 is 5.58. The van der Waals surface area contributed by atoms with Crippen molar-refractivity contribution in [3.05, 3.63) is 48.0 Å². The Bertz CT molecular complexity index is 991. The highest BCUT2D eigenvalue weighted by Gasteiger charge is 2.51. The summed E-state index contributed by atoms with van der Waals surface area (Å²) in [5.74, 6) is 2.22. The number of aliphatic imine (C=N–C) groups is 1. The quantitative estimate of drug-likeness (QED) is 0.494. The lowest BCUT2D eigenvalue weighted by molar-refractivity contribution is 0.00695. The molecule has 4 bridgehead atoms. The molecule has 4 aliphatic rings. The molecule has 4 fully saturated rings. The molecule has 0 spiro atoms. The Morgan fingerprint density at radius 1 is 1.09 bits per heavy atom. The number of carbonyl (C=O) groups excluding carboxylic acids is 1. The summed E-state index contributed by atoms with van der Waals surface area (Å²) in [5.41, 5.74) is 2.66. The molecule has 1 aromatic heterocycles. The number of nitrogens with zero attached hydrogens (tertiary/aromatic N) is 3. The van der Waals surface area contributed by atoms with E-state index in [1.807, 2.05) is 39.0 Å². The molecule has 0 unspecified atom stereocenters. The van der Waals surface area contributed by atoms with E-state index in [4.69, 9.17) is 9.73 Å². The van der Waals surface area contributed by atoms with E-state index in [9.17, 15) is 4.79 Å². The molecule has 1 aromatic carbocycles. The highest BCUT2D eigenvalue weighted by Crippen LogP contribution is 2.57. The Morgan fingerprint density at radius 2 is 1.72 bits per heavy atom. The number of rotatable bonds is 5. The van der Waals surface area contributed by atoms with Gasteiger partial charge in [-0.15, -0.1) is 0 Å². The second kappa shape index (κ2) is 7.98. The van der Waals surface area contributed by atoms with E-state index in [1.54, 1.807) is 18.6 Å². The lowest BCUT2D eigenvalue weighted by Gasteiger charge is -2.57. The maximum atomic E-state index is 12.7. The van der Waals surface area contributed by atoms with Gasteiger partial charge in [-0.05, 0) is 95.2 Å². The summed E-state index contributed by atoms with van der Waals surface area (Å²) in [6.45, 7) is 5.63. The van der Waals surface area contributed by atoms with Crippen LogP contribution in [0, 0.1) is 17.8 Å². The van der Waals surface area contributed by atoms with Crippen LogP contribution in [-0.4, -0.2) is 33.3 Å². The summed E-state index contributed by atoms with van der Waals surface area (Å²) in [5, 5.41) is 3.91. The third-order valence-electron chi connectivity index (χ3n) is 7.00. The number of hydrogen-bond donors (Lipinski definition) is 1. The van der Waals surface area contributed by atoms with E-state index < -0.39 is 5.60 Å². The van der Waals surface area contributed by atoms with Gasteiger partial charge in [-0.25, -0.2) is 14.8 Å². The number of esters is 1. The van der Waals surface area contributed by atoms with Crippen LogP contribution in [0.2, 0.25) is 0 Å². The van der Waals surface area contributed by atoms with E-state index in [2.05, 4.69) is 15.3 Å². The van der Waals surface area contributed by atoms with Crippen LogP contribution in [0.5, 0.6) is 0 Å². The Morgan fingerprint density at radius 3 is 2.31 bits per heavy atom. The van der Waals surface area contributed by atoms with Crippen molar-refractivity contribution in [3.63, 3.8) is 0 Å². The number of nitrogens with one attached hydrogen (secondary N) is 1. The summed E-state index contributed by atoms with van der Waals surface area (Å²) in [6, 6.07) is 5.67. The molecule has 0 radical (unpaired) electrons. The van der Waals surface area contributed by atoms with E-state index in [0.29, 0.717) is 5.56 Å². The van der Waals surface area contributed by atoms with Crippen molar-refractivity contribution in [2.24, 2.45) is 22.7 Å². The predicted octanol–water partition coefficient (Wildman–Crippen LogP) is 5.56.